The number of hydrogen-bond donors (Lipinski definition) is 1. The lowest BCUT2D eigenvalue weighted by Gasteiger charge is -2.26. The molecule has 0 saturated heterocycles. The van der Waals surface area contributed by atoms with Crippen molar-refractivity contribution in [3.63, 3.8) is 0 Å². The lowest BCUT2D eigenvalue weighted by molar-refractivity contribution is 0.487. The second-order valence-electron chi connectivity index (χ2n) is 7.24. The third-order valence-electron chi connectivity index (χ3n) is 4.90. The van der Waals surface area contributed by atoms with Crippen LogP contribution in [-0.2, 0) is 23.3 Å². The van der Waals surface area contributed by atoms with Crippen molar-refractivity contribution >= 4 is 16.0 Å². The van der Waals surface area contributed by atoms with Crippen molar-refractivity contribution in [3.8, 4) is 11.8 Å². The monoisotopic (exact) mass is 460 g/mol. The minimum absolute atomic E-state index is 0.126. The standard InChI is InChI=1S/C23H20N6O3S/c24-14-20-8-9-22(13-21(20)12-18-4-2-1-3-5-18)29(28-16-26-27-17-28)15-19-6-10-23(11-7-19)32-33(25,30)31/h1-11,13,16-17H,12,15H2,(H2,25,30,31). The number of nitrogens with two attached hydrogens (primary N) is 1. The van der Waals surface area contributed by atoms with Crippen molar-refractivity contribution in [1.29, 1.82) is 5.26 Å². The van der Waals surface area contributed by atoms with Gasteiger partial charge in [0, 0.05) is 0 Å². The lowest BCUT2D eigenvalue weighted by Crippen LogP contribution is -2.28. The maximum Gasteiger partial charge on any atom is 0.380 e. The first-order valence-electron chi connectivity index (χ1n) is 9.92. The number of rotatable bonds is 8. The van der Waals surface area contributed by atoms with Gasteiger partial charge in [0.1, 0.15) is 18.4 Å². The highest BCUT2D eigenvalue weighted by molar-refractivity contribution is 7.84. The van der Waals surface area contributed by atoms with Gasteiger partial charge in [-0.1, -0.05) is 42.5 Å². The van der Waals surface area contributed by atoms with Crippen LogP contribution in [0.15, 0.2) is 85.5 Å². The molecule has 0 unspecified atom stereocenters. The average Bonchev–Trinajstić information content (AvgIpc) is 3.33. The van der Waals surface area contributed by atoms with Gasteiger partial charge in [0.2, 0.25) is 0 Å². The molecular weight excluding hydrogens is 440 g/mol. The molecule has 0 aliphatic rings. The first-order valence-corrected chi connectivity index (χ1v) is 11.4. The van der Waals surface area contributed by atoms with E-state index in [-0.39, 0.29) is 5.75 Å². The molecule has 0 saturated carbocycles. The van der Waals surface area contributed by atoms with Crippen LogP contribution in [0, 0.1) is 11.3 Å². The molecule has 1 aromatic heterocycles. The van der Waals surface area contributed by atoms with E-state index < -0.39 is 10.3 Å². The lowest BCUT2D eigenvalue weighted by atomic mass is 9.99. The maximum atomic E-state index is 11.1. The second kappa shape index (κ2) is 9.52. The smallest absolute Gasteiger partial charge is 0.371 e. The van der Waals surface area contributed by atoms with Crippen LogP contribution in [-0.4, -0.2) is 23.3 Å². The minimum atomic E-state index is -4.09. The molecule has 10 heteroatoms. The molecule has 3 aromatic carbocycles. The highest BCUT2D eigenvalue weighted by Gasteiger charge is 2.14. The van der Waals surface area contributed by atoms with Gasteiger partial charge in [0.05, 0.1) is 23.9 Å². The first-order chi connectivity index (χ1) is 15.9. The van der Waals surface area contributed by atoms with Gasteiger partial charge >= 0.3 is 10.3 Å². The van der Waals surface area contributed by atoms with Crippen molar-refractivity contribution < 1.29 is 12.6 Å². The molecule has 166 valence electrons. The van der Waals surface area contributed by atoms with Crippen LogP contribution in [0.2, 0.25) is 0 Å². The Kier molecular flexibility index (Phi) is 6.35. The number of nitriles is 1. The predicted octanol–water partition coefficient (Wildman–Crippen LogP) is 2.79. The van der Waals surface area contributed by atoms with Gasteiger partial charge < -0.3 is 4.18 Å². The Hall–Kier alpha value is -4.20. The Bertz CT molecular complexity index is 1370. The fourth-order valence-corrected chi connectivity index (χ4v) is 3.77. The summed E-state index contributed by atoms with van der Waals surface area (Å²) in [6.07, 6.45) is 3.77. The number of nitrogens with zero attached hydrogens (tertiary/aromatic N) is 5. The summed E-state index contributed by atoms with van der Waals surface area (Å²) < 4.78 is 28.7. The summed E-state index contributed by atoms with van der Waals surface area (Å²) in [6.45, 7) is 0.421. The summed E-state index contributed by atoms with van der Waals surface area (Å²) in [7, 11) is -4.09. The van der Waals surface area contributed by atoms with Crippen LogP contribution >= 0.6 is 0 Å². The van der Waals surface area contributed by atoms with Gasteiger partial charge in [-0.25, -0.2) is 4.68 Å². The topological polar surface area (TPSA) is 127 Å². The summed E-state index contributed by atoms with van der Waals surface area (Å²) in [4.78, 5) is 0. The van der Waals surface area contributed by atoms with Crippen molar-refractivity contribution in [2.75, 3.05) is 5.01 Å². The third-order valence-corrected chi connectivity index (χ3v) is 5.32. The Balaban J connectivity index is 1.65. The average molecular weight is 461 g/mol. The molecule has 2 N–H and O–H groups in total. The summed E-state index contributed by atoms with van der Waals surface area (Å²) in [5.41, 5.74) is 4.32. The minimum Gasteiger partial charge on any atom is -0.371 e. The normalized spacial score (nSPS) is 11.0. The van der Waals surface area contributed by atoms with Crippen LogP contribution in [0.25, 0.3) is 0 Å². The van der Waals surface area contributed by atoms with E-state index in [4.69, 9.17) is 9.32 Å². The second-order valence-corrected chi connectivity index (χ2v) is 8.39. The van der Waals surface area contributed by atoms with E-state index in [9.17, 15) is 13.7 Å². The van der Waals surface area contributed by atoms with E-state index >= 15 is 0 Å². The van der Waals surface area contributed by atoms with Gasteiger partial charge in [0.25, 0.3) is 0 Å². The molecule has 1 heterocycles. The van der Waals surface area contributed by atoms with Crippen LogP contribution in [0.1, 0.15) is 22.3 Å². The maximum absolute atomic E-state index is 11.1. The van der Waals surface area contributed by atoms with Crippen molar-refractivity contribution in [2.45, 2.75) is 13.0 Å². The van der Waals surface area contributed by atoms with Gasteiger partial charge in [-0.05, 0) is 53.4 Å². The number of benzene rings is 3. The molecule has 0 amide bonds. The number of anilines is 1. The fourth-order valence-electron chi connectivity index (χ4n) is 3.40. The largest absolute Gasteiger partial charge is 0.380 e. The zero-order valence-corrected chi connectivity index (χ0v) is 18.3. The Morgan fingerprint density at radius 1 is 0.970 bits per heavy atom. The molecule has 0 aliphatic carbocycles. The molecule has 0 aliphatic heterocycles. The number of aromatic nitrogens is 3. The van der Waals surface area contributed by atoms with E-state index in [1.54, 1.807) is 35.5 Å². The van der Waals surface area contributed by atoms with Gasteiger partial charge in [-0.3, -0.25) is 5.01 Å². The third kappa shape index (κ3) is 5.74. The van der Waals surface area contributed by atoms with E-state index in [0.717, 1.165) is 22.4 Å². The van der Waals surface area contributed by atoms with Gasteiger partial charge in [-0.2, -0.15) is 18.8 Å². The summed E-state index contributed by atoms with van der Waals surface area (Å²) >= 11 is 0. The van der Waals surface area contributed by atoms with Crippen LogP contribution in [0.3, 0.4) is 0 Å². The van der Waals surface area contributed by atoms with Crippen LogP contribution in [0.4, 0.5) is 5.69 Å². The SMILES string of the molecule is N#Cc1ccc(N(Cc2ccc(OS(N)(=O)=O)cc2)n2cnnc2)cc1Cc1ccccc1. The molecule has 4 aromatic rings. The van der Waals surface area contributed by atoms with Crippen LogP contribution < -0.4 is 14.3 Å². The molecule has 0 atom stereocenters. The van der Waals surface area contributed by atoms with Gasteiger partial charge in [0.15, 0.2) is 0 Å². The molecular formula is C23H20N6O3S. The molecule has 9 nitrogen and oxygen atoms in total. The van der Waals surface area contributed by atoms with Crippen molar-refractivity contribution in [1.82, 2.24) is 14.9 Å². The van der Waals surface area contributed by atoms with E-state index in [1.807, 2.05) is 47.5 Å². The Morgan fingerprint density at radius 2 is 1.67 bits per heavy atom. The highest BCUT2D eigenvalue weighted by Crippen LogP contribution is 2.25. The van der Waals surface area contributed by atoms with Crippen molar-refractivity contribution in [3.05, 3.63) is 108 Å². The van der Waals surface area contributed by atoms with Gasteiger partial charge in [-0.15, -0.1) is 10.2 Å². The zero-order valence-electron chi connectivity index (χ0n) is 17.4. The zero-order chi connectivity index (χ0) is 23.3. The molecule has 0 bridgehead atoms. The first kappa shape index (κ1) is 22.0. The molecule has 0 spiro atoms. The highest BCUT2D eigenvalue weighted by atomic mass is 32.2. The molecule has 4 rings (SSSR count). The molecule has 0 fully saturated rings. The summed E-state index contributed by atoms with van der Waals surface area (Å²) in [5, 5.41) is 24.3. The molecule has 33 heavy (non-hydrogen) atoms. The van der Waals surface area contributed by atoms with E-state index in [1.165, 1.54) is 12.1 Å². The van der Waals surface area contributed by atoms with E-state index in [2.05, 4.69) is 16.3 Å². The molecule has 0 radical (unpaired) electrons. The fraction of sp³-hybridized carbons (Fsp3) is 0.0870. The predicted molar refractivity (Wildman–Crippen MR) is 122 cm³/mol. The van der Waals surface area contributed by atoms with Crippen LogP contribution in [0.5, 0.6) is 5.75 Å². The number of hydrogen-bond acceptors (Lipinski definition) is 7. The Labute approximate surface area is 191 Å². The summed E-state index contributed by atoms with van der Waals surface area (Å²) in [5.74, 6) is 0.126. The van der Waals surface area contributed by atoms with Crippen molar-refractivity contribution in [2.24, 2.45) is 5.14 Å². The van der Waals surface area contributed by atoms with E-state index in [0.29, 0.717) is 18.5 Å². The Morgan fingerprint density at radius 3 is 2.30 bits per heavy atom. The quantitative estimate of drug-likeness (QED) is 0.428. The summed E-state index contributed by atoms with van der Waals surface area (Å²) in [6, 6.07) is 24.4.